The topological polar surface area (TPSA) is 60.2 Å². The molecule has 6 nitrogen and oxygen atoms in total. The Kier molecular flexibility index (Phi) is 5.20. The molecule has 0 aliphatic carbocycles. The van der Waals surface area contributed by atoms with E-state index in [1.807, 2.05) is 60.7 Å². The van der Waals surface area contributed by atoms with Crippen LogP contribution in [0.3, 0.4) is 0 Å². The molecule has 0 saturated carbocycles. The summed E-state index contributed by atoms with van der Waals surface area (Å²) in [5, 5.41) is 9.21. The summed E-state index contributed by atoms with van der Waals surface area (Å²) in [6, 6.07) is 9.92. The molecule has 3 rings (SSSR count). The van der Waals surface area contributed by atoms with Crippen molar-refractivity contribution >= 4 is 17.7 Å². The Bertz CT molecular complexity index is 694. The van der Waals surface area contributed by atoms with Gasteiger partial charge in [-0.3, -0.25) is 4.79 Å². The van der Waals surface area contributed by atoms with Gasteiger partial charge in [0.25, 0.3) is 0 Å². The molecule has 1 saturated heterocycles. The molecule has 1 aromatic carbocycles. The van der Waals surface area contributed by atoms with Crippen molar-refractivity contribution in [1.82, 2.24) is 19.7 Å². The molecule has 1 aliphatic rings. The van der Waals surface area contributed by atoms with Crippen LogP contribution in [0.25, 0.3) is 11.4 Å². The third kappa shape index (κ3) is 3.79. The van der Waals surface area contributed by atoms with Crippen LogP contribution in [0, 0.1) is 0 Å². The second-order valence-corrected chi connectivity index (χ2v) is 7.02. The minimum atomic E-state index is 0.0854. The fourth-order valence-electron chi connectivity index (χ4n) is 2.88. The van der Waals surface area contributed by atoms with Crippen LogP contribution >= 0.6 is 11.8 Å². The highest BCUT2D eigenvalue weighted by molar-refractivity contribution is 7.99. The third-order valence-corrected chi connectivity index (χ3v) is 4.97. The smallest absolute Gasteiger partial charge is 0.233 e. The summed E-state index contributed by atoms with van der Waals surface area (Å²) < 4.78 is 7.60. The normalized spacial score (nSPS) is 21.0. The van der Waals surface area contributed by atoms with E-state index in [0.29, 0.717) is 18.8 Å². The Balaban J connectivity index is 1.63. The summed E-state index contributed by atoms with van der Waals surface area (Å²) in [5.41, 5.74) is 1.02. The van der Waals surface area contributed by atoms with E-state index in [2.05, 4.69) is 10.2 Å². The van der Waals surface area contributed by atoms with Crippen LogP contribution in [0.1, 0.15) is 13.8 Å². The molecule has 0 unspecified atom stereocenters. The summed E-state index contributed by atoms with van der Waals surface area (Å²) in [6.07, 6.45) is 0.171. The van der Waals surface area contributed by atoms with Crippen LogP contribution in [0.5, 0.6) is 0 Å². The number of rotatable bonds is 4. The largest absolute Gasteiger partial charge is 0.372 e. The monoisotopic (exact) mass is 346 g/mol. The molecule has 0 radical (unpaired) electrons. The quantitative estimate of drug-likeness (QED) is 0.795. The zero-order chi connectivity index (χ0) is 17.1. The number of morpholine rings is 1. The lowest BCUT2D eigenvalue weighted by molar-refractivity contribution is -0.140. The number of hydrogen-bond acceptors (Lipinski definition) is 5. The van der Waals surface area contributed by atoms with E-state index in [1.54, 1.807) is 0 Å². The van der Waals surface area contributed by atoms with Crippen molar-refractivity contribution in [3.05, 3.63) is 30.3 Å². The van der Waals surface area contributed by atoms with Crippen LogP contribution < -0.4 is 0 Å². The summed E-state index contributed by atoms with van der Waals surface area (Å²) in [4.78, 5) is 14.3. The highest BCUT2D eigenvalue weighted by Crippen LogP contribution is 2.23. The Hall–Kier alpha value is -1.86. The van der Waals surface area contributed by atoms with Crippen molar-refractivity contribution in [1.29, 1.82) is 0 Å². The van der Waals surface area contributed by atoms with Gasteiger partial charge >= 0.3 is 0 Å². The number of amides is 1. The first-order chi connectivity index (χ1) is 11.5. The van der Waals surface area contributed by atoms with Gasteiger partial charge < -0.3 is 14.2 Å². The number of carbonyl (C=O) groups is 1. The molecule has 24 heavy (non-hydrogen) atoms. The maximum Gasteiger partial charge on any atom is 0.233 e. The molecule has 1 fully saturated rings. The highest BCUT2D eigenvalue weighted by atomic mass is 32.2. The van der Waals surface area contributed by atoms with Gasteiger partial charge in [-0.2, -0.15) is 0 Å². The zero-order valence-corrected chi connectivity index (χ0v) is 15.0. The minimum absolute atomic E-state index is 0.0854. The number of hydrogen-bond donors (Lipinski definition) is 0. The molecule has 2 atom stereocenters. The van der Waals surface area contributed by atoms with E-state index >= 15 is 0 Å². The molecule has 2 aromatic rings. The highest BCUT2D eigenvalue weighted by Gasteiger charge is 2.26. The van der Waals surface area contributed by atoms with Gasteiger partial charge in [0.05, 0.1) is 18.0 Å². The summed E-state index contributed by atoms with van der Waals surface area (Å²) in [5.74, 6) is 1.28. The van der Waals surface area contributed by atoms with Crippen molar-refractivity contribution in [2.24, 2.45) is 7.05 Å². The number of aromatic nitrogens is 3. The van der Waals surface area contributed by atoms with Gasteiger partial charge in [0.1, 0.15) is 0 Å². The predicted molar refractivity (Wildman–Crippen MR) is 93.8 cm³/mol. The van der Waals surface area contributed by atoms with Crippen LogP contribution in [-0.2, 0) is 16.6 Å². The van der Waals surface area contributed by atoms with E-state index in [0.717, 1.165) is 16.5 Å². The second kappa shape index (κ2) is 7.36. The van der Waals surface area contributed by atoms with E-state index < -0.39 is 0 Å². The van der Waals surface area contributed by atoms with Gasteiger partial charge in [-0.15, -0.1) is 10.2 Å². The molecular formula is C17H22N4O2S. The minimum Gasteiger partial charge on any atom is -0.372 e. The molecule has 1 aromatic heterocycles. The Labute approximate surface area is 146 Å². The standard InChI is InChI=1S/C17H22N4O2S/c1-12-9-21(10-13(2)23-12)15(22)11-24-17-19-18-16(20(17)3)14-7-5-4-6-8-14/h4-8,12-13H,9-11H2,1-3H3/t12-,13-/m0/s1. The Morgan fingerprint density at radius 2 is 1.88 bits per heavy atom. The molecule has 2 heterocycles. The fourth-order valence-corrected chi connectivity index (χ4v) is 3.69. The van der Waals surface area contributed by atoms with Gasteiger partial charge in [-0.1, -0.05) is 42.1 Å². The lowest BCUT2D eigenvalue weighted by Crippen LogP contribution is -2.48. The fraction of sp³-hybridized carbons (Fsp3) is 0.471. The molecule has 0 bridgehead atoms. The van der Waals surface area contributed by atoms with Gasteiger partial charge in [0.15, 0.2) is 11.0 Å². The van der Waals surface area contributed by atoms with Gasteiger partial charge in [0, 0.05) is 25.7 Å². The van der Waals surface area contributed by atoms with Crippen molar-refractivity contribution in [3.63, 3.8) is 0 Å². The molecule has 0 spiro atoms. The Morgan fingerprint density at radius 1 is 1.21 bits per heavy atom. The van der Waals surface area contributed by atoms with Crippen LogP contribution in [0.15, 0.2) is 35.5 Å². The molecule has 128 valence electrons. The average molecular weight is 346 g/mol. The lowest BCUT2D eigenvalue weighted by Gasteiger charge is -2.35. The number of thioether (sulfide) groups is 1. The summed E-state index contributed by atoms with van der Waals surface area (Å²) >= 11 is 1.42. The van der Waals surface area contributed by atoms with Gasteiger partial charge in [0.2, 0.25) is 5.91 Å². The third-order valence-electron chi connectivity index (χ3n) is 3.96. The lowest BCUT2D eigenvalue weighted by atomic mass is 10.2. The van der Waals surface area contributed by atoms with Crippen LogP contribution in [-0.4, -0.2) is 56.6 Å². The maximum atomic E-state index is 12.4. The molecule has 1 amide bonds. The number of nitrogens with zero attached hydrogens (tertiary/aromatic N) is 4. The van der Waals surface area contributed by atoms with Crippen molar-refractivity contribution in [2.75, 3.05) is 18.8 Å². The molecular weight excluding hydrogens is 324 g/mol. The summed E-state index contributed by atoms with van der Waals surface area (Å²) in [7, 11) is 1.92. The first-order valence-electron chi connectivity index (χ1n) is 8.05. The number of ether oxygens (including phenoxy) is 1. The van der Waals surface area contributed by atoms with E-state index in [1.165, 1.54) is 11.8 Å². The first-order valence-corrected chi connectivity index (χ1v) is 9.04. The zero-order valence-electron chi connectivity index (χ0n) is 14.2. The second-order valence-electron chi connectivity index (χ2n) is 6.08. The first kappa shape index (κ1) is 17.0. The van der Waals surface area contributed by atoms with Gasteiger partial charge in [-0.25, -0.2) is 0 Å². The maximum absolute atomic E-state index is 12.4. The Morgan fingerprint density at radius 3 is 2.54 bits per heavy atom. The predicted octanol–water partition coefficient (Wildman–Crippen LogP) is 2.21. The average Bonchev–Trinajstić information content (AvgIpc) is 2.93. The van der Waals surface area contributed by atoms with Crippen molar-refractivity contribution in [3.8, 4) is 11.4 Å². The summed E-state index contributed by atoms with van der Waals surface area (Å²) in [6.45, 7) is 5.30. The molecule has 7 heteroatoms. The van der Waals surface area contributed by atoms with Gasteiger partial charge in [-0.05, 0) is 13.8 Å². The van der Waals surface area contributed by atoms with Crippen LogP contribution in [0.2, 0.25) is 0 Å². The van der Waals surface area contributed by atoms with Crippen LogP contribution in [0.4, 0.5) is 0 Å². The van der Waals surface area contributed by atoms with Crippen molar-refractivity contribution < 1.29 is 9.53 Å². The van der Waals surface area contributed by atoms with E-state index in [4.69, 9.17) is 4.74 Å². The molecule has 1 aliphatic heterocycles. The van der Waals surface area contributed by atoms with E-state index in [9.17, 15) is 4.79 Å². The van der Waals surface area contributed by atoms with E-state index in [-0.39, 0.29) is 18.1 Å². The number of benzene rings is 1. The van der Waals surface area contributed by atoms with Crippen molar-refractivity contribution in [2.45, 2.75) is 31.2 Å². The SMILES string of the molecule is C[C@H]1CN(C(=O)CSc2nnc(-c3ccccc3)n2C)C[C@H](C)O1. The molecule has 0 N–H and O–H groups in total. The number of carbonyl (C=O) groups excluding carboxylic acids is 1.